The summed E-state index contributed by atoms with van der Waals surface area (Å²) in [6.07, 6.45) is -5.70. The molecule has 2 aliphatic rings. The molecular weight excluding hydrogens is 979 g/mol. The molecule has 0 aromatic heterocycles. The lowest BCUT2D eigenvalue weighted by Gasteiger charge is -2.42. The molecule has 430 valence electrons. The van der Waals surface area contributed by atoms with E-state index in [1.54, 1.807) is 0 Å². The number of hydrogen-bond acceptors (Lipinski definition) is 20. The van der Waals surface area contributed by atoms with Crippen molar-refractivity contribution in [3.8, 4) is 0 Å². The number of ether oxygens (including phenoxy) is 6. The molecule has 0 spiro atoms. The third-order valence-electron chi connectivity index (χ3n) is 12.4. The fourth-order valence-corrected chi connectivity index (χ4v) is 7.63. The number of nitrogens with one attached hydrogen (secondary N) is 6. The van der Waals surface area contributed by atoms with E-state index in [4.69, 9.17) is 34.2 Å². The van der Waals surface area contributed by atoms with Gasteiger partial charge < -0.3 is 102 Å². The van der Waals surface area contributed by atoms with E-state index in [0.717, 1.165) is 0 Å². The van der Waals surface area contributed by atoms with Crippen LogP contribution in [0.15, 0.2) is 0 Å². The molecule has 2 heterocycles. The highest BCUT2D eigenvalue weighted by atomic mass is 16.7. The van der Waals surface area contributed by atoms with Crippen LogP contribution < -0.4 is 37.6 Å². The number of amides is 6. The number of nitrogens with two attached hydrogens (primary N) is 1. The zero-order chi connectivity index (χ0) is 55.5. The second-order valence-electron chi connectivity index (χ2n) is 20.2. The van der Waals surface area contributed by atoms with Crippen LogP contribution in [0.5, 0.6) is 0 Å². The van der Waals surface area contributed by atoms with Crippen molar-refractivity contribution in [1.82, 2.24) is 31.9 Å². The maximum absolute atomic E-state index is 12.6. The highest BCUT2D eigenvalue weighted by Gasteiger charge is 2.46. The number of carbonyl (C=O) groups excluding carboxylic acids is 6. The Balaban J connectivity index is 1.54. The van der Waals surface area contributed by atoms with Gasteiger partial charge in [0.2, 0.25) is 35.4 Å². The number of rotatable bonds is 37. The minimum absolute atomic E-state index is 0.0669. The summed E-state index contributed by atoms with van der Waals surface area (Å²) in [7, 11) is 0. The fraction of sp³-hybridized carbons (Fsp3) is 0.875. The third kappa shape index (κ3) is 25.9. The van der Waals surface area contributed by atoms with Crippen molar-refractivity contribution in [2.24, 2.45) is 5.73 Å². The number of carbonyl (C=O) groups is 6. The maximum atomic E-state index is 12.6. The summed E-state index contributed by atoms with van der Waals surface area (Å²) in [4.78, 5) is 73.0. The molecule has 2 rings (SSSR count). The van der Waals surface area contributed by atoms with Gasteiger partial charge in [0.25, 0.3) is 0 Å². The summed E-state index contributed by atoms with van der Waals surface area (Å²) in [6.45, 7) is 9.69. The van der Waals surface area contributed by atoms with Gasteiger partial charge in [-0.1, -0.05) is 0 Å². The van der Waals surface area contributed by atoms with Gasteiger partial charge in [0.1, 0.15) is 48.7 Å². The standard InChI is InChI=1S/C48H89N7O19/c1-30(59)54-38-42(67)40(65)32(25-56)73-44(38)69-23-9-7-13-34(61)50-19-11-21-52-36(63)15-17-46(3,4)71-28-48(49,27-58)29-72-47(5,6)18-16-37(64)53-22-12-20-51-35(62)14-8-10-24-70-45-39(55-31(2)60)43(68)41(66)33(26-57)74-45/h32-33,38-45,56-58,65-68H,7-29,49H2,1-6H3,(H,50,61)(H,51,62)(H,52,63)(H,53,64)(H,54,59)(H,55,60)/t32?,33?,38?,39?,40-,41-,42?,43?,44+,45+,48?/m0/s1. The monoisotopic (exact) mass is 1070 g/mol. The van der Waals surface area contributed by atoms with Crippen LogP contribution in [0.2, 0.25) is 0 Å². The van der Waals surface area contributed by atoms with Crippen LogP contribution in [0.1, 0.15) is 119 Å². The average molecular weight is 1070 g/mol. The minimum Gasteiger partial charge on any atom is -0.394 e. The average Bonchev–Trinajstić information content (AvgIpc) is 3.34. The van der Waals surface area contributed by atoms with Crippen molar-refractivity contribution in [3.05, 3.63) is 0 Å². The Bertz CT molecular complexity index is 1580. The molecule has 26 heteroatoms. The first-order chi connectivity index (χ1) is 34.9. The summed E-state index contributed by atoms with van der Waals surface area (Å²) < 4.78 is 34.5. The van der Waals surface area contributed by atoms with Crippen molar-refractivity contribution in [1.29, 1.82) is 0 Å². The molecule has 0 saturated carbocycles. The lowest BCUT2D eigenvalue weighted by atomic mass is 9.97. The molecule has 0 bridgehead atoms. The molecular formula is C48H89N7O19. The van der Waals surface area contributed by atoms with Gasteiger partial charge in [-0.2, -0.15) is 0 Å². The number of aliphatic hydroxyl groups excluding tert-OH is 7. The van der Waals surface area contributed by atoms with E-state index in [-0.39, 0.29) is 75.7 Å². The zero-order valence-electron chi connectivity index (χ0n) is 44.1. The van der Waals surface area contributed by atoms with Crippen LogP contribution >= 0.6 is 0 Å². The van der Waals surface area contributed by atoms with Crippen molar-refractivity contribution < 1.29 is 92.9 Å². The van der Waals surface area contributed by atoms with Crippen molar-refractivity contribution >= 4 is 35.4 Å². The predicted octanol–water partition coefficient (Wildman–Crippen LogP) is -3.67. The van der Waals surface area contributed by atoms with Crippen molar-refractivity contribution in [2.45, 2.75) is 197 Å². The van der Waals surface area contributed by atoms with E-state index in [1.165, 1.54) is 13.8 Å². The van der Waals surface area contributed by atoms with Gasteiger partial charge in [-0.05, 0) is 79.1 Å². The van der Waals surface area contributed by atoms with Gasteiger partial charge in [0.05, 0.1) is 49.8 Å². The molecule has 0 aromatic carbocycles. The van der Waals surface area contributed by atoms with Gasteiger partial charge >= 0.3 is 0 Å². The third-order valence-corrected chi connectivity index (χ3v) is 12.4. The van der Waals surface area contributed by atoms with Crippen LogP contribution in [0, 0.1) is 0 Å². The van der Waals surface area contributed by atoms with E-state index in [9.17, 15) is 64.5 Å². The summed E-state index contributed by atoms with van der Waals surface area (Å²) >= 11 is 0. The lowest BCUT2D eigenvalue weighted by molar-refractivity contribution is -0.270. The lowest BCUT2D eigenvalue weighted by Crippen LogP contribution is -2.64. The first kappa shape index (κ1) is 66.4. The summed E-state index contributed by atoms with van der Waals surface area (Å²) in [5.74, 6) is -1.68. The van der Waals surface area contributed by atoms with Crippen molar-refractivity contribution in [2.75, 3.05) is 72.4 Å². The summed E-state index contributed by atoms with van der Waals surface area (Å²) in [5, 5.41) is 86.3. The Kier molecular flexibility index (Phi) is 30.6. The van der Waals surface area contributed by atoms with Crippen LogP contribution in [0.4, 0.5) is 0 Å². The van der Waals surface area contributed by atoms with Crippen LogP contribution in [0.25, 0.3) is 0 Å². The number of unbranched alkanes of at least 4 members (excludes halogenated alkanes) is 2. The normalized spacial score (nSPS) is 25.1. The maximum Gasteiger partial charge on any atom is 0.220 e. The molecule has 10 atom stereocenters. The second kappa shape index (κ2) is 34.1. The topological polar surface area (TPSA) is 398 Å². The SMILES string of the molecule is CC(=O)NC1C(O)[C@@H](O)C(CO)O[C@H]1OCCCCC(=O)NCCCNC(=O)CCC(C)(C)OCC(N)(CO)COC(C)(C)CCC(=O)NCCCNC(=O)CCCCO[C@@H]1OC(CO)[C@H](O)C(O)C1NC(C)=O. The highest BCUT2D eigenvalue weighted by Crippen LogP contribution is 2.25. The molecule has 6 amide bonds. The van der Waals surface area contributed by atoms with E-state index in [1.807, 2.05) is 27.7 Å². The van der Waals surface area contributed by atoms with Crippen LogP contribution in [-0.2, 0) is 57.2 Å². The van der Waals surface area contributed by atoms with E-state index in [2.05, 4.69) is 31.9 Å². The molecule has 2 fully saturated rings. The molecule has 2 saturated heterocycles. The van der Waals surface area contributed by atoms with Crippen molar-refractivity contribution in [3.63, 3.8) is 0 Å². The molecule has 74 heavy (non-hydrogen) atoms. The van der Waals surface area contributed by atoms with Gasteiger partial charge in [-0.15, -0.1) is 0 Å². The van der Waals surface area contributed by atoms with E-state index < -0.39 is 110 Å². The van der Waals surface area contributed by atoms with Gasteiger partial charge in [0, 0.05) is 78.9 Å². The van der Waals surface area contributed by atoms with Crippen LogP contribution in [-0.4, -0.2) is 222 Å². The molecule has 15 N–H and O–H groups in total. The number of aliphatic hydroxyl groups is 7. The van der Waals surface area contributed by atoms with Crippen LogP contribution in [0.3, 0.4) is 0 Å². The molecule has 0 radical (unpaired) electrons. The molecule has 26 nitrogen and oxygen atoms in total. The van der Waals surface area contributed by atoms with Gasteiger partial charge in [0.15, 0.2) is 12.6 Å². The van der Waals surface area contributed by atoms with Gasteiger partial charge in [-0.25, -0.2) is 0 Å². The zero-order valence-corrected chi connectivity index (χ0v) is 44.1. The number of hydrogen-bond donors (Lipinski definition) is 14. The Hall–Kier alpha value is -3.74. The second-order valence-corrected chi connectivity index (χ2v) is 20.2. The quantitative estimate of drug-likeness (QED) is 0.0267. The predicted molar refractivity (Wildman–Crippen MR) is 264 cm³/mol. The summed E-state index contributed by atoms with van der Waals surface area (Å²) in [6, 6.07) is -2.08. The first-order valence-corrected chi connectivity index (χ1v) is 25.6. The Morgan fingerprint density at radius 1 is 0.514 bits per heavy atom. The fourth-order valence-electron chi connectivity index (χ4n) is 7.63. The van der Waals surface area contributed by atoms with E-state index >= 15 is 0 Å². The van der Waals surface area contributed by atoms with Gasteiger partial charge in [-0.3, -0.25) is 28.8 Å². The minimum atomic E-state index is -1.41. The molecule has 6 unspecified atom stereocenters. The molecule has 0 aromatic rings. The Morgan fingerprint density at radius 3 is 1.16 bits per heavy atom. The smallest absolute Gasteiger partial charge is 0.220 e. The largest absolute Gasteiger partial charge is 0.394 e. The Morgan fingerprint density at radius 2 is 0.851 bits per heavy atom. The summed E-state index contributed by atoms with van der Waals surface area (Å²) in [5.41, 5.74) is 3.64. The first-order valence-electron chi connectivity index (χ1n) is 25.6. The van der Waals surface area contributed by atoms with E-state index in [0.29, 0.717) is 77.5 Å². The highest BCUT2D eigenvalue weighted by molar-refractivity contribution is 5.77. The molecule has 2 aliphatic heterocycles. The Labute approximate surface area is 434 Å². The molecule has 0 aliphatic carbocycles.